The predicted molar refractivity (Wildman–Crippen MR) is 104 cm³/mol. The largest absolute Gasteiger partial charge is 0.353 e. The molecule has 2 heterocycles. The van der Waals surface area contributed by atoms with Crippen LogP contribution in [-0.2, 0) is 4.79 Å². The van der Waals surface area contributed by atoms with Crippen LogP contribution in [0.15, 0.2) is 24.3 Å². The summed E-state index contributed by atoms with van der Waals surface area (Å²) < 4.78 is 0. The zero-order valence-corrected chi connectivity index (χ0v) is 16.5. The zero-order valence-electron chi connectivity index (χ0n) is 15.7. The van der Waals surface area contributed by atoms with E-state index in [1.54, 1.807) is 6.07 Å². The number of piperidine rings is 2. The highest BCUT2D eigenvalue weighted by molar-refractivity contribution is 6.33. The second-order valence-electron chi connectivity index (χ2n) is 8.45. The van der Waals surface area contributed by atoms with E-state index in [1.165, 1.54) is 0 Å². The summed E-state index contributed by atoms with van der Waals surface area (Å²) in [6.07, 6.45) is 4.72. The van der Waals surface area contributed by atoms with Crippen molar-refractivity contribution in [3.63, 3.8) is 0 Å². The number of carbonyl (C=O) groups excluding carboxylic acids is 2. The second-order valence-corrected chi connectivity index (χ2v) is 8.85. The number of fused-ring (bicyclic) bond motifs is 2. The highest BCUT2D eigenvalue weighted by atomic mass is 35.5. The Balaban J connectivity index is 1.68. The van der Waals surface area contributed by atoms with Crippen molar-refractivity contribution in [1.29, 1.82) is 0 Å². The number of nitrogens with zero attached hydrogens (tertiary/aromatic N) is 1. The predicted octanol–water partition coefficient (Wildman–Crippen LogP) is 4.42. The van der Waals surface area contributed by atoms with E-state index in [2.05, 4.69) is 10.6 Å². The SMILES string of the molecule is CC(C)(C)C(=O)NC1C[C@@H]2CCC[C@@H](C1)N2C(=O)Nc1ccccc1Cl. The quantitative estimate of drug-likeness (QED) is 0.801. The van der Waals surface area contributed by atoms with Crippen molar-refractivity contribution in [3.05, 3.63) is 29.3 Å². The molecule has 2 aliphatic rings. The van der Waals surface area contributed by atoms with E-state index in [9.17, 15) is 9.59 Å². The molecule has 3 rings (SSSR count). The van der Waals surface area contributed by atoms with Crippen LogP contribution in [0.25, 0.3) is 0 Å². The van der Waals surface area contributed by atoms with Gasteiger partial charge in [-0.25, -0.2) is 4.79 Å². The summed E-state index contributed by atoms with van der Waals surface area (Å²) in [5, 5.41) is 6.68. The van der Waals surface area contributed by atoms with Crippen LogP contribution in [-0.4, -0.2) is 35.0 Å². The van der Waals surface area contributed by atoms with Gasteiger partial charge in [-0.1, -0.05) is 44.5 Å². The summed E-state index contributed by atoms with van der Waals surface area (Å²) in [4.78, 5) is 27.2. The molecule has 0 aromatic heterocycles. The number of anilines is 1. The minimum absolute atomic E-state index is 0.0783. The molecule has 5 nitrogen and oxygen atoms in total. The van der Waals surface area contributed by atoms with E-state index in [0.29, 0.717) is 10.7 Å². The van der Waals surface area contributed by atoms with E-state index >= 15 is 0 Å². The molecule has 2 fully saturated rings. The van der Waals surface area contributed by atoms with Crippen molar-refractivity contribution < 1.29 is 9.59 Å². The van der Waals surface area contributed by atoms with Crippen molar-refractivity contribution in [1.82, 2.24) is 10.2 Å². The fraction of sp³-hybridized carbons (Fsp3) is 0.600. The first-order valence-corrected chi connectivity index (χ1v) is 9.78. The van der Waals surface area contributed by atoms with Gasteiger partial charge >= 0.3 is 6.03 Å². The van der Waals surface area contributed by atoms with Gasteiger partial charge in [0.05, 0.1) is 10.7 Å². The lowest BCUT2D eigenvalue weighted by Gasteiger charge is -2.49. The third-order valence-corrected chi connectivity index (χ3v) is 5.67. The fourth-order valence-electron chi connectivity index (χ4n) is 3.98. The van der Waals surface area contributed by atoms with Gasteiger partial charge in [-0.2, -0.15) is 0 Å². The van der Waals surface area contributed by atoms with Crippen molar-refractivity contribution in [2.24, 2.45) is 5.41 Å². The molecule has 2 saturated heterocycles. The average Bonchev–Trinajstić information content (AvgIpc) is 2.55. The molecular weight excluding hydrogens is 350 g/mol. The summed E-state index contributed by atoms with van der Waals surface area (Å²) in [7, 11) is 0. The lowest BCUT2D eigenvalue weighted by molar-refractivity contribution is -0.129. The van der Waals surface area contributed by atoms with Gasteiger partial charge < -0.3 is 15.5 Å². The third kappa shape index (κ3) is 4.14. The lowest BCUT2D eigenvalue weighted by Crippen LogP contribution is -2.60. The van der Waals surface area contributed by atoms with Crippen LogP contribution in [0.1, 0.15) is 52.9 Å². The molecule has 0 spiro atoms. The molecule has 2 aliphatic heterocycles. The van der Waals surface area contributed by atoms with Gasteiger partial charge in [-0.05, 0) is 44.2 Å². The summed E-state index contributed by atoms with van der Waals surface area (Å²) in [5.74, 6) is 0.0783. The summed E-state index contributed by atoms with van der Waals surface area (Å²) in [6.45, 7) is 5.78. The Morgan fingerprint density at radius 3 is 2.31 bits per heavy atom. The molecule has 0 radical (unpaired) electrons. The molecule has 0 unspecified atom stereocenters. The maximum Gasteiger partial charge on any atom is 0.322 e. The number of hydrogen-bond acceptors (Lipinski definition) is 2. The number of rotatable bonds is 2. The molecule has 26 heavy (non-hydrogen) atoms. The Morgan fingerprint density at radius 2 is 1.73 bits per heavy atom. The van der Waals surface area contributed by atoms with Crippen LogP contribution in [0, 0.1) is 5.41 Å². The van der Waals surface area contributed by atoms with Gasteiger partial charge in [0, 0.05) is 23.5 Å². The Hall–Kier alpha value is -1.75. The lowest BCUT2D eigenvalue weighted by atomic mass is 9.81. The molecule has 2 bridgehead atoms. The summed E-state index contributed by atoms with van der Waals surface area (Å²) >= 11 is 6.17. The number of amides is 3. The van der Waals surface area contributed by atoms with Crippen molar-refractivity contribution in [2.75, 3.05) is 5.32 Å². The van der Waals surface area contributed by atoms with E-state index in [0.717, 1.165) is 32.1 Å². The zero-order chi connectivity index (χ0) is 18.9. The molecule has 0 aliphatic carbocycles. The smallest absolute Gasteiger partial charge is 0.322 e. The number of hydrogen-bond donors (Lipinski definition) is 2. The number of para-hydroxylation sites is 1. The van der Waals surface area contributed by atoms with Gasteiger partial charge in [0.15, 0.2) is 0 Å². The maximum atomic E-state index is 12.9. The monoisotopic (exact) mass is 377 g/mol. The topological polar surface area (TPSA) is 61.4 Å². The molecule has 1 aromatic carbocycles. The number of halogens is 1. The van der Waals surface area contributed by atoms with E-state index < -0.39 is 5.41 Å². The molecule has 0 saturated carbocycles. The number of nitrogens with one attached hydrogen (secondary N) is 2. The van der Waals surface area contributed by atoms with Gasteiger partial charge in [-0.15, -0.1) is 0 Å². The molecule has 3 amide bonds. The summed E-state index contributed by atoms with van der Waals surface area (Å²) in [6, 6.07) is 7.66. The normalized spacial score (nSPS) is 25.5. The Bertz CT molecular complexity index is 672. The first kappa shape index (κ1) is 19.0. The van der Waals surface area contributed by atoms with Crippen molar-refractivity contribution in [2.45, 2.75) is 71.0 Å². The number of urea groups is 1. The first-order valence-electron chi connectivity index (χ1n) is 9.40. The second kappa shape index (κ2) is 7.47. The Morgan fingerprint density at radius 1 is 1.12 bits per heavy atom. The highest BCUT2D eigenvalue weighted by Crippen LogP contribution is 2.35. The minimum Gasteiger partial charge on any atom is -0.353 e. The summed E-state index contributed by atoms with van der Waals surface area (Å²) in [5.41, 5.74) is 0.244. The molecule has 2 N–H and O–H groups in total. The van der Waals surface area contributed by atoms with Gasteiger partial charge in [0.25, 0.3) is 0 Å². The van der Waals surface area contributed by atoms with Crippen LogP contribution in [0.4, 0.5) is 10.5 Å². The molecule has 142 valence electrons. The average molecular weight is 378 g/mol. The number of carbonyl (C=O) groups is 2. The molecule has 6 heteroatoms. The van der Waals surface area contributed by atoms with Crippen LogP contribution < -0.4 is 10.6 Å². The maximum absolute atomic E-state index is 12.9. The fourth-order valence-corrected chi connectivity index (χ4v) is 4.16. The molecule has 1 aromatic rings. The Kier molecular flexibility index (Phi) is 5.47. The van der Waals surface area contributed by atoms with Gasteiger partial charge in [0.2, 0.25) is 5.91 Å². The van der Waals surface area contributed by atoms with Gasteiger partial charge in [-0.3, -0.25) is 4.79 Å². The molecular formula is C20H28ClN3O2. The molecule has 2 atom stereocenters. The van der Waals surface area contributed by atoms with Crippen molar-refractivity contribution >= 4 is 29.2 Å². The Labute approximate surface area is 160 Å². The van der Waals surface area contributed by atoms with Crippen molar-refractivity contribution in [3.8, 4) is 0 Å². The minimum atomic E-state index is -0.395. The van der Waals surface area contributed by atoms with E-state index in [1.807, 2.05) is 43.9 Å². The number of benzene rings is 1. The van der Waals surface area contributed by atoms with Crippen LogP contribution >= 0.6 is 11.6 Å². The van der Waals surface area contributed by atoms with Crippen LogP contribution in [0.3, 0.4) is 0 Å². The van der Waals surface area contributed by atoms with E-state index in [-0.39, 0.29) is 30.1 Å². The standard InChI is InChI=1S/C20H28ClN3O2/c1-20(2,3)18(25)22-13-11-14-7-6-8-15(12-13)24(14)19(26)23-17-10-5-4-9-16(17)21/h4-5,9-10,13-15H,6-8,11-12H2,1-3H3,(H,22,25)(H,23,26)/t14-,15-/m0/s1. The highest BCUT2D eigenvalue weighted by Gasteiger charge is 2.42. The first-order chi connectivity index (χ1) is 12.3. The third-order valence-electron chi connectivity index (χ3n) is 5.34. The van der Waals surface area contributed by atoms with Crippen LogP contribution in [0.2, 0.25) is 5.02 Å². The van der Waals surface area contributed by atoms with Crippen LogP contribution in [0.5, 0.6) is 0 Å². The van der Waals surface area contributed by atoms with E-state index in [4.69, 9.17) is 11.6 Å². The van der Waals surface area contributed by atoms with Gasteiger partial charge in [0.1, 0.15) is 0 Å².